The summed E-state index contributed by atoms with van der Waals surface area (Å²) in [4.78, 5) is -0.378. The van der Waals surface area contributed by atoms with Gasteiger partial charge in [-0.15, -0.1) is 0 Å². The van der Waals surface area contributed by atoms with Crippen molar-refractivity contribution < 1.29 is 13.0 Å². The quantitative estimate of drug-likeness (QED) is 0.621. The summed E-state index contributed by atoms with van der Waals surface area (Å²) >= 11 is 11.0. The van der Waals surface area contributed by atoms with Gasteiger partial charge in [0.05, 0.1) is 5.02 Å². The third-order valence-electron chi connectivity index (χ3n) is 1.17. The van der Waals surface area contributed by atoms with Gasteiger partial charge < -0.3 is 0 Å². The van der Waals surface area contributed by atoms with Crippen molar-refractivity contribution in [3.63, 3.8) is 0 Å². The van der Waals surface area contributed by atoms with Gasteiger partial charge in [-0.05, 0) is 18.2 Å². The summed E-state index contributed by atoms with van der Waals surface area (Å²) in [5.41, 5.74) is 0. The second kappa shape index (κ2) is 5.44. The third kappa shape index (κ3) is 4.15. The molecule has 0 saturated heterocycles. The number of hydrogen-bond donors (Lipinski definition) is 1. The van der Waals surface area contributed by atoms with Gasteiger partial charge in [0.15, 0.2) is 0 Å². The molecule has 0 amide bonds. The van der Waals surface area contributed by atoms with Crippen molar-refractivity contribution in [1.29, 1.82) is 0 Å². The van der Waals surface area contributed by atoms with Gasteiger partial charge in [-0.2, -0.15) is 8.42 Å². The predicted octanol–water partition coefficient (Wildman–Crippen LogP) is 1.59. The molecule has 7 heteroatoms. The van der Waals surface area contributed by atoms with Crippen LogP contribution in [0.2, 0.25) is 10.0 Å². The molecule has 1 aromatic rings. The SMILES string of the molecule is O=S(=O)(O)c1cc(Cl)ccc1Cl.[KH]. The Labute approximate surface area is 129 Å². The summed E-state index contributed by atoms with van der Waals surface area (Å²) in [6.07, 6.45) is 0. The van der Waals surface area contributed by atoms with E-state index in [0.29, 0.717) is 0 Å². The summed E-state index contributed by atoms with van der Waals surface area (Å²) in [6.45, 7) is 0. The van der Waals surface area contributed by atoms with E-state index in [0.717, 1.165) is 6.07 Å². The van der Waals surface area contributed by atoms with E-state index in [1.807, 2.05) is 0 Å². The fourth-order valence-electron chi connectivity index (χ4n) is 0.675. The van der Waals surface area contributed by atoms with Gasteiger partial charge in [0, 0.05) is 5.02 Å². The van der Waals surface area contributed by atoms with Crippen LogP contribution in [0.1, 0.15) is 0 Å². The fraction of sp³-hybridized carbons (Fsp3) is 0. The van der Waals surface area contributed by atoms with Gasteiger partial charge in [-0.3, -0.25) is 4.55 Å². The van der Waals surface area contributed by atoms with Crippen LogP contribution < -0.4 is 0 Å². The Morgan fingerprint density at radius 1 is 1.23 bits per heavy atom. The van der Waals surface area contributed by atoms with Gasteiger partial charge in [0.1, 0.15) is 4.90 Å². The average molecular weight is 267 g/mol. The molecule has 0 aliphatic carbocycles. The number of hydrogen-bond acceptors (Lipinski definition) is 2. The molecular weight excluding hydrogens is 262 g/mol. The van der Waals surface area contributed by atoms with Crippen LogP contribution in [0.15, 0.2) is 23.1 Å². The molecule has 0 aliphatic heterocycles. The number of benzene rings is 1. The molecule has 0 heterocycles. The number of rotatable bonds is 1. The van der Waals surface area contributed by atoms with Crippen molar-refractivity contribution in [2.45, 2.75) is 4.90 Å². The van der Waals surface area contributed by atoms with Gasteiger partial charge in [-0.1, -0.05) is 23.2 Å². The second-order valence-corrected chi connectivity index (χ2v) is 4.28. The van der Waals surface area contributed by atoms with E-state index in [4.69, 9.17) is 27.8 Å². The Morgan fingerprint density at radius 3 is 2.15 bits per heavy atom. The maximum absolute atomic E-state index is 10.6. The molecule has 68 valence electrons. The van der Waals surface area contributed by atoms with E-state index in [1.165, 1.54) is 12.1 Å². The second-order valence-electron chi connectivity index (χ2n) is 2.05. The van der Waals surface area contributed by atoms with Crippen molar-refractivity contribution >= 4 is 84.7 Å². The van der Waals surface area contributed by atoms with E-state index in [1.54, 1.807) is 0 Å². The van der Waals surface area contributed by atoms with Crippen LogP contribution in [0.5, 0.6) is 0 Å². The molecule has 13 heavy (non-hydrogen) atoms. The van der Waals surface area contributed by atoms with Crippen LogP contribution >= 0.6 is 23.2 Å². The van der Waals surface area contributed by atoms with Gasteiger partial charge >= 0.3 is 51.4 Å². The minimum atomic E-state index is -4.27. The van der Waals surface area contributed by atoms with E-state index >= 15 is 0 Å². The standard InChI is InChI=1S/C6H4Cl2O3S.K.H/c7-4-1-2-5(8)6(3-4)12(9,10)11;;/h1-3H,(H,9,10,11);;. The van der Waals surface area contributed by atoms with Crippen molar-refractivity contribution in [3.8, 4) is 0 Å². The van der Waals surface area contributed by atoms with E-state index in [2.05, 4.69) is 0 Å². The topological polar surface area (TPSA) is 54.4 Å². The Kier molecular flexibility index (Phi) is 6.00. The number of halogens is 2. The summed E-state index contributed by atoms with van der Waals surface area (Å²) < 4.78 is 29.9. The van der Waals surface area contributed by atoms with E-state index in [9.17, 15) is 8.42 Å². The molecule has 0 aliphatic rings. The molecule has 0 fully saturated rings. The Bertz CT molecular complexity index is 404. The average Bonchev–Trinajstić information content (AvgIpc) is 1.92. The van der Waals surface area contributed by atoms with Gasteiger partial charge in [0.2, 0.25) is 0 Å². The van der Waals surface area contributed by atoms with Crippen molar-refractivity contribution in [1.82, 2.24) is 0 Å². The molecule has 3 nitrogen and oxygen atoms in total. The molecule has 0 spiro atoms. The van der Waals surface area contributed by atoms with Crippen molar-refractivity contribution in [3.05, 3.63) is 28.2 Å². The van der Waals surface area contributed by atoms with E-state index < -0.39 is 10.1 Å². The summed E-state index contributed by atoms with van der Waals surface area (Å²) in [7, 11) is -4.27. The van der Waals surface area contributed by atoms with Crippen molar-refractivity contribution in [2.24, 2.45) is 0 Å². The van der Waals surface area contributed by atoms with E-state index in [-0.39, 0.29) is 66.3 Å². The fourth-order valence-corrected chi connectivity index (χ4v) is 1.91. The zero-order valence-corrected chi connectivity index (χ0v) is 7.99. The summed E-state index contributed by atoms with van der Waals surface area (Å²) in [6, 6.07) is 3.81. The zero-order chi connectivity index (χ0) is 9.35. The van der Waals surface area contributed by atoms with Crippen LogP contribution in [0.25, 0.3) is 0 Å². The molecule has 0 atom stereocenters. The first-order valence-electron chi connectivity index (χ1n) is 2.84. The van der Waals surface area contributed by atoms with Gasteiger partial charge in [0.25, 0.3) is 10.1 Å². The molecule has 0 unspecified atom stereocenters. The first-order valence-corrected chi connectivity index (χ1v) is 5.03. The monoisotopic (exact) mass is 266 g/mol. The van der Waals surface area contributed by atoms with Crippen LogP contribution in [-0.4, -0.2) is 64.4 Å². The van der Waals surface area contributed by atoms with Crippen LogP contribution in [0.3, 0.4) is 0 Å². The molecule has 1 rings (SSSR count). The predicted molar refractivity (Wildman–Crippen MR) is 53.4 cm³/mol. The summed E-state index contributed by atoms with van der Waals surface area (Å²) in [5.74, 6) is 0. The normalized spacial score (nSPS) is 10.7. The van der Waals surface area contributed by atoms with Crippen LogP contribution in [0, 0.1) is 0 Å². The first-order chi connectivity index (χ1) is 5.41. The van der Waals surface area contributed by atoms with Crippen LogP contribution in [-0.2, 0) is 10.1 Å². The minimum absolute atomic E-state index is 0. The Balaban J connectivity index is 0.00000144. The molecule has 0 bridgehead atoms. The zero-order valence-electron chi connectivity index (χ0n) is 5.66. The van der Waals surface area contributed by atoms with Crippen molar-refractivity contribution in [2.75, 3.05) is 0 Å². The Hall–Kier alpha value is 1.35. The molecule has 1 N–H and O–H groups in total. The molecule has 1 aromatic carbocycles. The maximum atomic E-state index is 10.6. The first kappa shape index (κ1) is 14.3. The molecule has 0 saturated carbocycles. The molecular formula is C6H5Cl2KO3S. The molecule has 0 radical (unpaired) electrons. The Morgan fingerprint density at radius 2 is 1.77 bits per heavy atom. The van der Waals surface area contributed by atoms with Crippen LogP contribution in [0.4, 0.5) is 0 Å². The third-order valence-corrected chi connectivity index (χ3v) is 2.74. The summed E-state index contributed by atoms with van der Waals surface area (Å²) in [5, 5.41) is 0.147. The van der Waals surface area contributed by atoms with Gasteiger partial charge in [-0.25, -0.2) is 0 Å². The molecule has 0 aromatic heterocycles.